The van der Waals surface area contributed by atoms with Crippen LogP contribution in [0.4, 0.5) is 0 Å². The molecule has 53 heavy (non-hydrogen) atoms. The van der Waals surface area contributed by atoms with Gasteiger partial charge < -0.3 is 53.8 Å². The second-order valence-electron chi connectivity index (χ2n) is 13.2. The second kappa shape index (κ2) is 19.9. The zero-order valence-electron chi connectivity index (χ0n) is 29.4. The lowest BCUT2D eigenvalue weighted by Gasteiger charge is -2.32. The molecule has 0 radical (unpaired) electrons. The van der Waals surface area contributed by atoms with Crippen LogP contribution in [0.5, 0.6) is 0 Å². The summed E-state index contributed by atoms with van der Waals surface area (Å²) in [7, 11) is 0. The van der Waals surface area contributed by atoms with Crippen molar-refractivity contribution in [2.24, 2.45) is 22.9 Å². The van der Waals surface area contributed by atoms with Gasteiger partial charge in [-0.15, -0.1) is 0 Å². The molecule has 19 heteroatoms. The molecule has 2 heterocycles. The molecule has 8 amide bonds. The Balaban J connectivity index is 1.82. The maximum atomic E-state index is 14.0. The van der Waals surface area contributed by atoms with Gasteiger partial charge in [-0.3, -0.25) is 38.4 Å². The maximum Gasteiger partial charge on any atom is 0.326 e. The van der Waals surface area contributed by atoms with Crippen molar-refractivity contribution in [3.05, 3.63) is 35.9 Å². The Bertz CT molecular complexity index is 1540. The third kappa shape index (κ3) is 12.5. The van der Waals surface area contributed by atoms with E-state index in [1.54, 1.807) is 30.3 Å². The highest BCUT2D eigenvalue weighted by Crippen LogP contribution is 2.23. The summed E-state index contributed by atoms with van der Waals surface area (Å²) in [6, 6.07) is 1.46. The van der Waals surface area contributed by atoms with Gasteiger partial charge in [0.1, 0.15) is 30.2 Å². The highest BCUT2D eigenvalue weighted by Gasteiger charge is 2.42. The van der Waals surface area contributed by atoms with Crippen molar-refractivity contribution in [3.63, 3.8) is 0 Å². The van der Waals surface area contributed by atoms with Crippen LogP contribution < -0.4 is 38.9 Å². The number of amides is 8. The summed E-state index contributed by atoms with van der Waals surface area (Å²) in [5, 5.41) is 17.3. The third-order valence-corrected chi connectivity index (χ3v) is 9.20. The van der Waals surface area contributed by atoms with Crippen molar-refractivity contribution in [1.82, 2.24) is 25.8 Å². The summed E-state index contributed by atoms with van der Waals surface area (Å²) in [5.41, 5.74) is 22.3. The van der Waals surface area contributed by atoms with Crippen LogP contribution in [0.3, 0.4) is 0 Å². The minimum Gasteiger partial charge on any atom is -0.480 e. The number of benzene rings is 1. The number of carbonyl (C=O) groups excluding carboxylic acids is 8. The third-order valence-electron chi connectivity index (χ3n) is 9.20. The van der Waals surface area contributed by atoms with E-state index in [4.69, 9.17) is 22.9 Å². The molecule has 19 nitrogen and oxygen atoms in total. The minimum absolute atomic E-state index is 0.0524. The van der Waals surface area contributed by atoms with E-state index in [9.17, 15) is 48.3 Å². The molecular weight excluding hydrogens is 694 g/mol. The zero-order valence-corrected chi connectivity index (χ0v) is 29.4. The van der Waals surface area contributed by atoms with Crippen LogP contribution in [-0.4, -0.2) is 117 Å². The molecule has 0 saturated carbocycles. The summed E-state index contributed by atoms with van der Waals surface area (Å²) in [6.07, 6.45) is -0.189. The van der Waals surface area contributed by atoms with Gasteiger partial charge in [-0.25, -0.2) is 4.79 Å². The fourth-order valence-corrected chi connectivity index (χ4v) is 6.39. The number of aliphatic carboxylic acids is 1. The summed E-state index contributed by atoms with van der Waals surface area (Å²) >= 11 is 0. The predicted molar refractivity (Wildman–Crippen MR) is 186 cm³/mol. The first-order chi connectivity index (χ1) is 25.1. The molecule has 6 atom stereocenters. The number of rotatable bonds is 20. The average Bonchev–Trinajstić information content (AvgIpc) is 3.81. The number of nitrogens with one attached hydrogen (secondary N) is 3. The Morgan fingerprint density at radius 1 is 0.660 bits per heavy atom. The second-order valence-corrected chi connectivity index (χ2v) is 13.2. The summed E-state index contributed by atoms with van der Waals surface area (Å²) in [4.78, 5) is 117. The Kier molecular flexibility index (Phi) is 15.7. The highest BCUT2D eigenvalue weighted by atomic mass is 16.4. The molecule has 2 fully saturated rings. The number of carbonyl (C=O) groups is 9. The van der Waals surface area contributed by atoms with Crippen LogP contribution in [0.2, 0.25) is 0 Å². The Morgan fingerprint density at radius 2 is 1.15 bits per heavy atom. The molecule has 2 saturated heterocycles. The van der Waals surface area contributed by atoms with Crippen molar-refractivity contribution < 1.29 is 48.3 Å². The Labute approximate surface area is 305 Å². The SMILES string of the molecule is NC(=O)CC[C@H](NC(=O)[C@@H](N)CCC(N)=O)C(=O)N[C@@H](CCC(N)=O)C(=O)N1CCC[C@H]1C(=O)N[C@@H](Cc1ccccc1)C(=O)N1CCC[C@H]1C(=O)O. The molecule has 0 aliphatic carbocycles. The number of likely N-dealkylation sites (tertiary alicyclic amines) is 2. The molecule has 0 aromatic heterocycles. The average molecular weight is 744 g/mol. The van der Waals surface area contributed by atoms with Crippen molar-refractivity contribution >= 4 is 53.2 Å². The van der Waals surface area contributed by atoms with Gasteiger partial charge in [0.2, 0.25) is 47.3 Å². The molecule has 2 aliphatic rings. The van der Waals surface area contributed by atoms with Crippen LogP contribution in [0.1, 0.15) is 69.8 Å². The number of hydrogen-bond donors (Lipinski definition) is 8. The van der Waals surface area contributed by atoms with E-state index in [0.717, 1.165) is 0 Å². The zero-order chi connectivity index (χ0) is 39.2. The topological polar surface area (TPSA) is 321 Å². The number of carboxylic acids is 1. The van der Waals surface area contributed by atoms with Gasteiger partial charge in [0.15, 0.2) is 0 Å². The predicted octanol–water partition coefficient (Wildman–Crippen LogP) is -3.13. The first kappa shape index (κ1) is 41.8. The smallest absolute Gasteiger partial charge is 0.326 e. The van der Waals surface area contributed by atoms with Crippen molar-refractivity contribution in [3.8, 4) is 0 Å². The fraction of sp³-hybridized carbons (Fsp3) is 0.559. The number of primary amides is 3. The van der Waals surface area contributed by atoms with Gasteiger partial charge in [-0.1, -0.05) is 30.3 Å². The molecule has 1 aromatic carbocycles. The van der Waals surface area contributed by atoms with E-state index >= 15 is 0 Å². The van der Waals surface area contributed by atoms with Gasteiger partial charge in [0.05, 0.1) is 6.04 Å². The normalized spacial score (nSPS) is 19.0. The molecule has 2 aliphatic heterocycles. The van der Waals surface area contributed by atoms with Crippen molar-refractivity contribution in [2.75, 3.05) is 13.1 Å². The first-order valence-electron chi connectivity index (χ1n) is 17.5. The van der Waals surface area contributed by atoms with Crippen LogP contribution >= 0.6 is 0 Å². The van der Waals surface area contributed by atoms with E-state index < -0.39 is 89.5 Å². The van der Waals surface area contributed by atoms with E-state index in [0.29, 0.717) is 18.4 Å². The largest absolute Gasteiger partial charge is 0.480 e. The quantitative estimate of drug-likeness (QED) is 0.0660. The molecule has 1 aromatic rings. The van der Waals surface area contributed by atoms with Crippen molar-refractivity contribution in [2.45, 2.75) is 107 Å². The molecule has 290 valence electrons. The highest BCUT2D eigenvalue weighted by molar-refractivity contribution is 5.97. The van der Waals surface area contributed by atoms with E-state index in [-0.39, 0.29) is 70.9 Å². The minimum atomic E-state index is -1.42. The molecule has 0 spiro atoms. The van der Waals surface area contributed by atoms with E-state index in [1.165, 1.54) is 9.80 Å². The van der Waals surface area contributed by atoms with Crippen LogP contribution in [-0.2, 0) is 49.6 Å². The lowest BCUT2D eigenvalue weighted by Crippen LogP contribution is -2.59. The van der Waals surface area contributed by atoms with E-state index in [1.807, 2.05) is 0 Å². The molecule has 0 bridgehead atoms. The molecular formula is C34H49N9O10. The first-order valence-corrected chi connectivity index (χ1v) is 17.5. The number of nitrogens with zero attached hydrogens (tertiary/aromatic N) is 2. The standard InChI is InChI=1S/C34H49N9O10/c35-20(10-13-26(36)44)29(47)39-21(11-14-27(37)45)30(48)40-22(12-15-28(38)46)32(50)42-16-4-8-24(42)31(49)41-23(18-19-6-2-1-3-7-19)33(51)43-17-5-9-25(43)34(52)53/h1-3,6-7,20-25H,4-5,8-18,35H2,(H2,36,44)(H2,37,45)(H2,38,46)(H,39,47)(H,40,48)(H,41,49)(H,52,53)/t20-,21-,22-,23-,24-,25-/m0/s1. The monoisotopic (exact) mass is 743 g/mol. The maximum absolute atomic E-state index is 14.0. The van der Waals surface area contributed by atoms with Gasteiger partial charge in [0.25, 0.3) is 0 Å². The Morgan fingerprint density at radius 3 is 1.72 bits per heavy atom. The van der Waals surface area contributed by atoms with Gasteiger partial charge in [0, 0.05) is 38.8 Å². The summed E-state index contributed by atoms with van der Waals surface area (Å²) < 4.78 is 0. The van der Waals surface area contributed by atoms with Gasteiger partial charge in [-0.05, 0) is 50.5 Å². The van der Waals surface area contributed by atoms with Gasteiger partial charge in [-0.2, -0.15) is 0 Å². The fourth-order valence-electron chi connectivity index (χ4n) is 6.39. The van der Waals surface area contributed by atoms with Crippen LogP contribution in [0.25, 0.3) is 0 Å². The molecule has 12 N–H and O–H groups in total. The van der Waals surface area contributed by atoms with Crippen molar-refractivity contribution in [1.29, 1.82) is 0 Å². The molecule has 3 rings (SSSR count). The summed E-state index contributed by atoms with van der Waals surface area (Å²) in [6.45, 7) is 0.285. The Hall–Kier alpha value is -5.59. The summed E-state index contributed by atoms with van der Waals surface area (Å²) in [5.74, 6) is -7.16. The molecule has 0 unspecified atom stereocenters. The number of carboxylic acid groups (broad SMARTS) is 1. The lowest BCUT2D eigenvalue weighted by molar-refractivity contribution is -0.149. The van der Waals surface area contributed by atoms with E-state index in [2.05, 4.69) is 16.0 Å². The lowest BCUT2D eigenvalue weighted by atomic mass is 10.0. The number of hydrogen-bond acceptors (Lipinski definition) is 10. The van der Waals surface area contributed by atoms with Crippen LogP contribution in [0.15, 0.2) is 30.3 Å². The van der Waals surface area contributed by atoms with Crippen LogP contribution in [0, 0.1) is 0 Å². The van der Waals surface area contributed by atoms with Gasteiger partial charge >= 0.3 is 5.97 Å². The number of nitrogens with two attached hydrogens (primary N) is 4.